The van der Waals surface area contributed by atoms with Gasteiger partial charge in [0.25, 0.3) is 10.1 Å². The van der Waals surface area contributed by atoms with Crippen LogP contribution in [0.3, 0.4) is 0 Å². The molecule has 0 amide bonds. The summed E-state index contributed by atoms with van der Waals surface area (Å²) in [7, 11) is -3.43. The first-order valence-electron chi connectivity index (χ1n) is 8.45. The zero-order chi connectivity index (χ0) is 18.0. The molecule has 0 spiro atoms. The van der Waals surface area contributed by atoms with Gasteiger partial charge in [-0.15, -0.1) is 0 Å². The molecule has 1 aromatic carbocycles. The second-order valence-electron chi connectivity index (χ2n) is 7.73. The van der Waals surface area contributed by atoms with Crippen molar-refractivity contribution in [1.82, 2.24) is 9.80 Å². The van der Waals surface area contributed by atoms with Gasteiger partial charge in [-0.1, -0.05) is 30.3 Å². The van der Waals surface area contributed by atoms with E-state index in [1.54, 1.807) is 0 Å². The Morgan fingerprint density at radius 2 is 1.79 bits per heavy atom. The molecule has 0 radical (unpaired) electrons. The van der Waals surface area contributed by atoms with Crippen molar-refractivity contribution < 1.29 is 12.6 Å². The lowest BCUT2D eigenvalue weighted by Crippen LogP contribution is -2.63. The van der Waals surface area contributed by atoms with E-state index in [-0.39, 0.29) is 18.2 Å². The quantitative estimate of drug-likeness (QED) is 0.760. The summed E-state index contributed by atoms with van der Waals surface area (Å²) < 4.78 is 28.0. The zero-order valence-electron chi connectivity index (χ0n) is 15.4. The van der Waals surface area contributed by atoms with Gasteiger partial charge in [-0.05, 0) is 33.3 Å². The molecule has 136 valence electrons. The minimum atomic E-state index is -3.43. The Hall–Kier alpha value is -0.950. The maximum atomic E-state index is 11.4. The normalized spacial score (nSPS) is 24.2. The summed E-state index contributed by atoms with van der Waals surface area (Å²) in [6, 6.07) is 10.7. The van der Waals surface area contributed by atoms with Crippen molar-refractivity contribution in [2.45, 2.75) is 51.9 Å². The van der Waals surface area contributed by atoms with Gasteiger partial charge in [-0.3, -0.25) is 14.0 Å². The summed E-state index contributed by atoms with van der Waals surface area (Å²) in [5.41, 5.74) is 1.28. The van der Waals surface area contributed by atoms with Crippen LogP contribution in [-0.2, 0) is 20.8 Å². The highest BCUT2D eigenvalue weighted by atomic mass is 32.2. The van der Waals surface area contributed by atoms with Crippen LogP contribution in [0, 0.1) is 0 Å². The summed E-state index contributed by atoms with van der Waals surface area (Å²) in [4.78, 5) is 4.78. The molecule has 2 rings (SSSR count). The molecule has 1 aromatic rings. The lowest BCUT2D eigenvalue weighted by Gasteiger charge is -2.50. The maximum Gasteiger partial charge on any atom is 0.264 e. The van der Waals surface area contributed by atoms with Crippen LogP contribution in [0.2, 0.25) is 0 Å². The van der Waals surface area contributed by atoms with Crippen molar-refractivity contribution in [3.63, 3.8) is 0 Å². The van der Waals surface area contributed by atoms with Crippen molar-refractivity contribution in [2.24, 2.45) is 0 Å². The van der Waals surface area contributed by atoms with E-state index < -0.39 is 10.1 Å². The molecule has 5 nitrogen and oxygen atoms in total. The second kappa shape index (κ2) is 7.52. The lowest BCUT2D eigenvalue weighted by molar-refractivity contribution is -0.0319. The number of piperazine rings is 1. The average molecular weight is 355 g/mol. The van der Waals surface area contributed by atoms with Crippen LogP contribution in [0.5, 0.6) is 0 Å². The number of rotatable bonds is 5. The number of hydrogen-bond donors (Lipinski definition) is 0. The first kappa shape index (κ1) is 19.4. The van der Waals surface area contributed by atoms with Gasteiger partial charge in [0.15, 0.2) is 0 Å². The summed E-state index contributed by atoms with van der Waals surface area (Å²) >= 11 is 0. The van der Waals surface area contributed by atoms with E-state index in [1.165, 1.54) is 5.56 Å². The van der Waals surface area contributed by atoms with Crippen LogP contribution in [0.15, 0.2) is 30.3 Å². The molecule has 1 saturated heterocycles. The zero-order valence-corrected chi connectivity index (χ0v) is 16.2. The lowest BCUT2D eigenvalue weighted by atomic mass is 9.97. The highest BCUT2D eigenvalue weighted by Crippen LogP contribution is 2.25. The molecule has 1 heterocycles. The van der Waals surface area contributed by atoms with Gasteiger partial charge >= 0.3 is 0 Å². The van der Waals surface area contributed by atoms with Gasteiger partial charge in [0.2, 0.25) is 0 Å². The first-order valence-corrected chi connectivity index (χ1v) is 10.3. The van der Waals surface area contributed by atoms with Gasteiger partial charge in [0.1, 0.15) is 0 Å². The number of benzene rings is 1. The molecule has 0 N–H and O–H groups in total. The SMILES string of the molecule is C[C@H]1CN(Cc2ccccc2)[C@@H](COS(C)(=O)=O)CN1C(C)(C)C. The van der Waals surface area contributed by atoms with Crippen molar-refractivity contribution in [1.29, 1.82) is 0 Å². The predicted octanol–water partition coefficient (Wildman–Crippen LogP) is 2.34. The van der Waals surface area contributed by atoms with Crippen molar-refractivity contribution >= 4 is 10.1 Å². The molecule has 0 aliphatic carbocycles. The highest BCUT2D eigenvalue weighted by molar-refractivity contribution is 7.85. The van der Waals surface area contributed by atoms with Gasteiger partial charge in [0.05, 0.1) is 12.9 Å². The Bertz CT molecular complexity index is 625. The fourth-order valence-corrected chi connectivity index (χ4v) is 3.82. The second-order valence-corrected chi connectivity index (χ2v) is 9.37. The molecule has 0 bridgehead atoms. The van der Waals surface area contributed by atoms with Gasteiger partial charge in [-0.25, -0.2) is 0 Å². The van der Waals surface area contributed by atoms with E-state index >= 15 is 0 Å². The Labute approximate surface area is 146 Å². The molecular weight excluding hydrogens is 324 g/mol. The molecule has 0 saturated carbocycles. The van der Waals surface area contributed by atoms with Crippen molar-refractivity contribution in [2.75, 3.05) is 26.0 Å². The van der Waals surface area contributed by atoms with Crippen LogP contribution < -0.4 is 0 Å². The fraction of sp³-hybridized carbons (Fsp3) is 0.667. The Balaban J connectivity index is 2.16. The van der Waals surface area contributed by atoms with Crippen molar-refractivity contribution in [3.8, 4) is 0 Å². The van der Waals surface area contributed by atoms with Gasteiger partial charge in [-0.2, -0.15) is 8.42 Å². The van der Waals surface area contributed by atoms with E-state index in [2.05, 4.69) is 49.6 Å². The number of hydrogen-bond acceptors (Lipinski definition) is 5. The minimum Gasteiger partial charge on any atom is -0.293 e. The van der Waals surface area contributed by atoms with E-state index in [4.69, 9.17) is 4.18 Å². The summed E-state index contributed by atoms with van der Waals surface area (Å²) in [6.45, 7) is 11.5. The molecule has 1 aliphatic heterocycles. The standard InChI is InChI=1S/C18H30N2O3S/c1-15-11-19(12-16-9-7-6-8-10-16)17(14-23-24(5,21)22)13-20(15)18(2,3)4/h6-10,15,17H,11-14H2,1-5H3/t15-,17+/m0/s1. The van der Waals surface area contributed by atoms with Crippen LogP contribution in [0.4, 0.5) is 0 Å². The third-order valence-electron chi connectivity index (χ3n) is 4.52. The first-order chi connectivity index (χ1) is 11.1. The van der Waals surface area contributed by atoms with Gasteiger partial charge < -0.3 is 0 Å². The molecule has 2 atom stereocenters. The molecule has 24 heavy (non-hydrogen) atoms. The molecule has 1 aliphatic rings. The van der Waals surface area contributed by atoms with Crippen molar-refractivity contribution in [3.05, 3.63) is 35.9 Å². The predicted molar refractivity (Wildman–Crippen MR) is 97.4 cm³/mol. The summed E-state index contributed by atoms with van der Waals surface area (Å²) in [5.74, 6) is 0. The minimum absolute atomic E-state index is 0.0432. The van der Waals surface area contributed by atoms with E-state index in [0.717, 1.165) is 25.9 Å². The average Bonchev–Trinajstić information content (AvgIpc) is 2.45. The highest BCUT2D eigenvalue weighted by Gasteiger charge is 2.37. The fourth-order valence-electron chi connectivity index (χ4n) is 3.42. The third kappa shape index (κ3) is 5.55. The maximum absolute atomic E-state index is 11.4. The molecule has 6 heteroatoms. The van der Waals surface area contributed by atoms with E-state index in [0.29, 0.717) is 6.04 Å². The molecular formula is C18H30N2O3S. The number of nitrogens with zero attached hydrogens (tertiary/aromatic N) is 2. The van der Waals surface area contributed by atoms with E-state index in [9.17, 15) is 8.42 Å². The van der Waals surface area contributed by atoms with E-state index in [1.807, 2.05) is 18.2 Å². The van der Waals surface area contributed by atoms with Gasteiger partial charge in [0, 0.05) is 37.3 Å². The summed E-state index contributed by atoms with van der Waals surface area (Å²) in [6.07, 6.45) is 1.11. The summed E-state index contributed by atoms with van der Waals surface area (Å²) in [5, 5.41) is 0. The topological polar surface area (TPSA) is 49.9 Å². The monoisotopic (exact) mass is 354 g/mol. The Morgan fingerprint density at radius 3 is 2.33 bits per heavy atom. The van der Waals surface area contributed by atoms with Crippen LogP contribution >= 0.6 is 0 Å². The Kier molecular flexibility index (Phi) is 6.07. The van der Waals surface area contributed by atoms with Crippen LogP contribution in [0.1, 0.15) is 33.3 Å². The molecule has 0 aromatic heterocycles. The van der Waals surface area contributed by atoms with Crippen LogP contribution in [-0.4, -0.2) is 61.8 Å². The molecule has 0 unspecified atom stereocenters. The smallest absolute Gasteiger partial charge is 0.264 e. The largest absolute Gasteiger partial charge is 0.293 e. The molecule has 1 fully saturated rings. The van der Waals surface area contributed by atoms with Crippen LogP contribution in [0.25, 0.3) is 0 Å². The third-order valence-corrected chi connectivity index (χ3v) is 5.08. The Morgan fingerprint density at radius 1 is 1.17 bits per heavy atom.